The molecule has 0 unspecified atom stereocenters. The van der Waals surface area contributed by atoms with E-state index in [4.69, 9.17) is 9.47 Å². The molecule has 3 atom stereocenters. The summed E-state index contributed by atoms with van der Waals surface area (Å²) in [6, 6.07) is 9.21. The third-order valence-electron chi connectivity index (χ3n) is 4.86. The van der Waals surface area contributed by atoms with Crippen LogP contribution in [0.15, 0.2) is 42.0 Å². The molecule has 0 saturated heterocycles. The van der Waals surface area contributed by atoms with Crippen molar-refractivity contribution in [1.29, 1.82) is 0 Å². The lowest BCUT2D eigenvalue weighted by molar-refractivity contribution is -0.146. The minimum absolute atomic E-state index is 0.133. The molecule has 0 heterocycles. The number of hydrogen-bond acceptors (Lipinski definition) is 4. The van der Waals surface area contributed by atoms with Crippen LogP contribution in [0.5, 0.6) is 0 Å². The van der Waals surface area contributed by atoms with E-state index in [1.807, 2.05) is 43.3 Å². The molecule has 5 nitrogen and oxygen atoms in total. The van der Waals surface area contributed by atoms with E-state index in [2.05, 4.69) is 12.2 Å². The van der Waals surface area contributed by atoms with Crippen molar-refractivity contribution < 1.29 is 19.1 Å². The Bertz CT molecular complexity index is 626. The summed E-state index contributed by atoms with van der Waals surface area (Å²) in [5.41, 5.74) is 1.61. The number of ether oxygens (including phenoxy) is 2. The average Bonchev–Trinajstić information content (AvgIpc) is 2.62. The number of para-hydroxylation sites is 1. The molecule has 2 rings (SSSR count). The molecule has 0 fully saturated rings. The van der Waals surface area contributed by atoms with Gasteiger partial charge in [0.25, 0.3) is 0 Å². The van der Waals surface area contributed by atoms with Crippen molar-refractivity contribution in [3.63, 3.8) is 0 Å². The Morgan fingerprint density at radius 3 is 2.58 bits per heavy atom. The molecule has 1 aromatic rings. The molecule has 0 aliphatic heterocycles. The predicted octanol–water partition coefficient (Wildman–Crippen LogP) is 4.94. The fourth-order valence-electron chi connectivity index (χ4n) is 3.61. The summed E-state index contributed by atoms with van der Waals surface area (Å²) in [5, 5.41) is 2.73. The molecule has 142 valence electrons. The molecule has 0 radical (unpaired) electrons. The molecule has 0 bridgehead atoms. The summed E-state index contributed by atoms with van der Waals surface area (Å²) in [7, 11) is 1.43. The zero-order valence-corrected chi connectivity index (χ0v) is 15.9. The average molecular weight is 359 g/mol. The monoisotopic (exact) mass is 359 g/mol. The van der Waals surface area contributed by atoms with E-state index in [-0.39, 0.29) is 23.9 Å². The first-order chi connectivity index (χ1) is 12.5. The Balaban J connectivity index is 2.03. The highest BCUT2D eigenvalue weighted by molar-refractivity contribution is 5.84. The van der Waals surface area contributed by atoms with Gasteiger partial charge in [0.1, 0.15) is 6.10 Å². The van der Waals surface area contributed by atoms with Crippen molar-refractivity contribution in [3.8, 4) is 0 Å². The molecule has 0 saturated carbocycles. The van der Waals surface area contributed by atoms with Crippen LogP contribution >= 0.6 is 0 Å². The Morgan fingerprint density at radius 2 is 1.92 bits per heavy atom. The Kier molecular flexibility index (Phi) is 7.70. The lowest BCUT2D eigenvalue weighted by atomic mass is 9.75. The van der Waals surface area contributed by atoms with Gasteiger partial charge in [-0.2, -0.15) is 0 Å². The summed E-state index contributed by atoms with van der Waals surface area (Å²) in [5.74, 6) is -0.310. The highest BCUT2D eigenvalue weighted by atomic mass is 16.6. The number of anilines is 1. The third kappa shape index (κ3) is 5.61. The lowest BCUT2D eigenvalue weighted by Gasteiger charge is -2.33. The van der Waals surface area contributed by atoms with Gasteiger partial charge in [-0.3, -0.25) is 10.1 Å². The summed E-state index contributed by atoms with van der Waals surface area (Å²) in [6.07, 6.45) is 5.96. The molecular weight excluding hydrogens is 330 g/mol. The minimum Gasteiger partial charge on any atom is -0.469 e. The van der Waals surface area contributed by atoms with Crippen LogP contribution in [0.3, 0.4) is 0 Å². The first kappa shape index (κ1) is 20.0. The molecule has 1 aliphatic rings. The van der Waals surface area contributed by atoms with Crippen molar-refractivity contribution in [2.75, 3.05) is 12.4 Å². The smallest absolute Gasteiger partial charge is 0.412 e. The van der Waals surface area contributed by atoms with E-state index in [1.54, 1.807) is 0 Å². The second kappa shape index (κ2) is 10.00. The SMILES string of the molecule is CCCCC[C@@H]1C[C@@H](OC(=O)Nc2ccccc2)C=C(C)[C@@H]1C(=O)OC. The Morgan fingerprint density at radius 1 is 1.19 bits per heavy atom. The van der Waals surface area contributed by atoms with Gasteiger partial charge in [-0.25, -0.2) is 4.79 Å². The molecule has 0 aromatic heterocycles. The fraction of sp³-hybridized carbons (Fsp3) is 0.524. The maximum Gasteiger partial charge on any atom is 0.412 e. The molecule has 1 amide bonds. The number of unbranched alkanes of at least 4 members (excludes halogenated alkanes) is 2. The molecule has 1 N–H and O–H groups in total. The van der Waals surface area contributed by atoms with Gasteiger partial charge in [-0.15, -0.1) is 0 Å². The van der Waals surface area contributed by atoms with E-state index in [0.29, 0.717) is 12.1 Å². The number of nitrogens with one attached hydrogen (secondary N) is 1. The molecular formula is C21H29NO4. The first-order valence-electron chi connectivity index (χ1n) is 9.34. The quantitative estimate of drug-likeness (QED) is 0.425. The maximum atomic E-state index is 12.2. The van der Waals surface area contributed by atoms with E-state index in [0.717, 1.165) is 31.3 Å². The van der Waals surface area contributed by atoms with Gasteiger partial charge in [-0.05, 0) is 43.9 Å². The van der Waals surface area contributed by atoms with Crippen LogP contribution < -0.4 is 5.32 Å². The number of methoxy groups -OCH3 is 1. The zero-order chi connectivity index (χ0) is 18.9. The Labute approximate surface area is 155 Å². The van der Waals surface area contributed by atoms with E-state index in [1.165, 1.54) is 7.11 Å². The van der Waals surface area contributed by atoms with Crippen LogP contribution in [0, 0.1) is 11.8 Å². The standard InChI is InChI=1S/C21H29NO4/c1-4-5-7-10-16-14-18(13-15(2)19(16)20(23)25-3)26-21(24)22-17-11-8-6-9-12-17/h6,8-9,11-13,16,18-19H,4-5,7,10,14H2,1-3H3,(H,22,24)/t16-,18+,19+/m1/s1. The van der Waals surface area contributed by atoms with Crippen LogP contribution in [-0.2, 0) is 14.3 Å². The second-order valence-electron chi connectivity index (χ2n) is 6.84. The van der Waals surface area contributed by atoms with Crippen molar-refractivity contribution >= 4 is 17.7 Å². The summed E-state index contributed by atoms with van der Waals surface area (Å²) in [6.45, 7) is 4.07. The van der Waals surface area contributed by atoms with E-state index >= 15 is 0 Å². The highest BCUT2D eigenvalue weighted by Gasteiger charge is 2.36. The zero-order valence-electron chi connectivity index (χ0n) is 15.9. The molecule has 0 spiro atoms. The van der Waals surface area contributed by atoms with Crippen LogP contribution in [0.2, 0.25) is 0 Å². The number of hydrogen-bond donors (Lipinski definition) is 1. The van der Waals surface area contributed by atoms with E-state index in [9.17, 15) is 9.59 Å². The Hall–Kier alpha value is -2.30. The number of rotatable bonds is 7. The van der Waals surface area contributed by atoms with Crippen molar-refractivity contribution in [2.24, 2.45) is 11.8 Å². The van der Waals surface area contributed by atoms with Crippen molar-refractivity contribution in [2.45, 2.75) is 52.1 Å². The molecule has 1 aromatic carbocycles. The van der Waals surface area contributed by atoms with Gasteiger partial charge in [0.05, 0.1) is 13.0 Å². The van der Waals surface area contributed by atoms with E-state index < -0.39 is 6.09 Å². The predicted molar refractivity (Wildman–Crippen MR) is 102 cm³/mol. The second-order valence-corrected chi connectivity index (χ2v) is 6.84. The first-order valence-corrected chi connectivity index (χ1v) is 9.34. The van der Waals surface area contributed by atoms with Gasteiger partial charge in [-0.1, -0.05) is 50.0 Å². The summed E-state index contributed by atoms with van der Waals surface area (Å²) >= 11 is 0. The van der Waals surface area contributed by atoms with Crippen LogP contribution in [0.25, 0.3) is 0 Å². The van der Waals surface area contributed by atoms with Gasteiger partial charge < -0.3 is 9.47 Å². The molecule has 1 aliphatic carbocycles. The highest BCUT2D eigenvalue weighted by Crippen LogP contribution is 2.36. The third-order valence-corrected chi connectivity index (χ3v) is 4.86. The fourth-order valence-corrected chi connectivity index (χ4v) is 3.61. The van der Waals surface area contributed by atoms with Crippen molar-refractivity contribution in [1.82, 2.24) is 0 Å². The van der Waals surface area contributed by atoms with Gasteiger partial charge in [0.2, 0.25) is 0 Å². The summed E-state index contributed by atoms with van der Waals surface area (Å²) in [4.78, 5) is 24.4. The van der Waals surface area contributed by atoms with Gasteiger partial charge in [0.15, 0.2) is 0 Å². The van der Waals surface area contributed by atoms with Gasteiger partial charge in [0, 0.05) is 5.69 Å². The van der Waals surface area contributed by atoms with Gasteiger partial charge >= 0.3 is 12.1 Å². The van der Waals surface area contributed by atoms with Crippen LogP contribution in [-0.4, -0.2) is 25.3 Å². The topological polar surface area (TPSA) is 64.6 Å². The molecule has 26 heavy (non-hydrogen) atoms. The van der Waals surface area contributed by atoms with Crippen LogP contribution in [0.4, 0.5) is 10.5 Å². The summed E-state index contributed by atoms with van der Waals surface area (Å²) < 4.78 is 10.6. The maximum absolute atomic E-state index is 12.2. The number of esters is 1. The van der Waals surface area contributed by atoms with Crippen molar-refractivity contribution in [3.05, 3.63) is 42.0 Å². The van der Waals surface area contributed by atoms with Crippen LogP contribution in [0.1, 0.15) is 46.0 Å². The molecule has 5 heteroatoms. The number of carbonyl (C=O) groups is 2. The minimum atomic E-state index is -0.478. The normalized spacial score (nSPS) is 22.3. The number of benzene rings is 1. The lowest BCUT2D eigenvalue weighted by Crippen LogP contribution is -2.35. The number of amides is 1. The number of carbonyl (C=O) groups excluding carboxylic acids is 2. The largest absolute Gasteiger partial charge is 0.469 e.